The molecule has 0 radical (unpaired) electrons. The first-order valence-electron chi connectivity index (χ1n) is 4.39. The van der Waals surface area contributed by atoms with Crippen LogP contribution in [-0.2, 0) is 28.6 Å². The largest absolute Gasteiger partial charge is 0.466 e. The van der Waals surface area contributed by atoms with E-state index in [2.05, 4.69) is 14.2 Å². The van der Waals surface area contributed by atoms with Crippen molar-refractivity contribution in [2.45, 2.75) is 33.5 Å². The number of rotatable bonds is 5. The highest BCUT2D eigenvalue weighted by atomic mass is 16.7. The molecule has 0 unspecified atom stereocenters. The minimum Gasteiger partial charge on any atom is -0.466 e. The van der Waals surface area contributed by atoms with E-state index in [-0.39, 0.29) is 13.0 Å². The molecule has 0 aromatic rings. The van der Waals surface area contributed by atoms with E-state index in [0.29, 0.717) is 0 Å². The Balaban J connectivity index is 3.94. The number of esters is 3. The van der Waals surface area contributed by atoms with Gasteiger partial charge in [-0.25, -0.2) is 0 Å². The van der Waals surface area contributed by atoms with E-state index in [1.54, 1.807) is 0 Å². The highest BCUT2D eigenvalue weighted by molar-refractivity contribution is 5.68. The van der Waals surface area contributed by atoms with Crippen molar-refractivity contribution in [3.8, 4) is 0 Å². The molecule has 6 heteroatoms. The monoisotopic (exact) mass is 218 g/mol. The van der Waals surface area contributed by atoms with Gasteiger partial charge in [-0.15, -0.1) is 0 Å². The SMILES string of the molecule is CC(=O)OCCC(OC(C)=O)OC(C)=O. The summed E-state index contributed by atoms with van der Waals surface area (Å²) in [4.78, 5) is 31.7. The molecule has 0 bridgehead atoms. The molecule has 15 heavy (non-hydrogen) atoms. The van der Waals surface area contributed by atoms with Crippen LogP contribution in [0.5, 0.6) is 0 Å². The van der Waals surface area contributed by atoms with Crippen molar-refractivity contribution in [2.24, 2.45) is 0 Å². The Morgan fingerprint density at radius 1 is 0.933 bits per heavy atom. The molecule has 0 atom stereocenters. The molecule has 0 spiro atoms. The van der Waals surface area contributed by atoms with Crippen molar-refractivity contribution in [3.63, 3.8) is 0 Å². The third kappa shape index (κ3) is 8.73. The van der Waals surface area contributed by atoms with Crippen LogP contribution in [0.4, 0.5) is 0 Å². The average Bonchev–Trinajstić information content (AvgIpc) is 2.00. The Kier molecular flexibility index (Phi) is 6.08. The molecular formula is C9H14O6. The fraction of sp³-hybridized carbons (Fsp3) is 0.667. The van der Waals surface area contributed by atoms with Crippen molar-refractivity contribution in [2.75, 3.05) is 6.61 Å². The van der Waals surface area contributed by atoms with Crippen LogP contribution in [0.25, 0.3) is 0 Å². The molecule has 0 amide bonds. The Morgan fingerprint density at radius 3 is 1.73 bits per heavy atom. The molecule has 0 N–H and O–H groups in total. The molecule has 0 fully saturated rings. The maximum absolute atomic E-state index is 10.6. The number of carbonyl (C=O) groups is 3. The minimum atomic E-state index is -1.00. The van der Waals surface area contributed by atoms with Gasteiger partial charge < -0.3 is 14.2 Å². The molecule has 0 aromatic carbocycles. The summed E-state index contributed by atoms with van der Waals surface area (Å²) in [7, 11) is 0. The number of hydrogen-bond donors (Lipinski definition) is 0. The summed E-state index contributed by atoms with van der Waals surface area (Å²) in [6.45, 7) is 3.68. The fourth-order valence-corrected chi connectivity index (χ4v) is 0.811. The van der Waals surface area contributed by atoms with Crippen molar-refractivity contribution < 1.29 is 28.6 Å². The third-order valence-electron chi connectivity index (χ3n) is 1.25. The van der Waals surface area contributed by atoms with Gasteiger partial charge in [0.2, 0.25) is 0 Å². The average molecular weight is 218 g/mol. The van der Waals surface area contributed by atoms with Gasteiger partial charge in [0.05, 0.1) is 13.0 Å². The quantitative estimate of drug-likeness (QED) is 0.490. The van der Waals surface area contributed by atoms with Crippen LogP contribution in [0.15, 0.2) is 0 Å². The van der Waals surface area contributed by atoms with Crippen LogP contribution in [0.3, 0.4) is 0 Å². The molecule has 6 nitrogen and oxygen atoms in total. The first-order valence-corrected chi connectivity index (χ1v) is 4.39. The molecule has 0 heterocycles. The van der Waals surface area contributed by atoms with Crippen LogP contribution in [-0.4, -0.2) is 30.8 Å². The molecule has 0 saturated carbocycles. The van der Waals surface area contributed by atoms with Gasteiger partial charge in [0.1, 0.15) is 0 Å². The zero-order chi connectivity index (χ0) is 11.8. The van der Waals surface area contributed by atoms with Crippen molar-refractivity contribution in [1.82, 2.24) is 0 Å². The van der Waals surface area contributed by atoms with E-state index in [1.165, 1.54) is 20.8 Å². The first kappa shape index (κ1) is 13.4. The molecular weight excluding hydrogens is 204 g/mol. The maximum Gasteiger partial charge on any atom is 0.305 e. The van der Waals surface area contributed by atoms with Gasteiger partial charge in [-0.05, 0) is 0 Å². The molecule has 0 aliphatic heterocycles. The lowest BCUT2D eigenvalue weighted by atomic mass is 10.4. The van der Waals surface area contributed by atoms with E-state index in [4.69, 9.17) is 0 Å². The van der Waals surface area contributed by atoms with Gasteiger partial charge in [0, 0.05) is 20.8 Å². The molecule has 86 valence electrons. The second kappa shape index (κ2) is 6.80. The second-order valence-electron chi connectivity index (χ2n) is 2.78. The lowest BCUT2D eigenvalue weighted by molar-refractivity contribution is -0.187. The maximum atomic E-state index is 10.6. The molecule has 0 aliphatic carbocycles. The molecule has 0 saturated heterocycles. The topological polar surface area (TPSA) is 78.9 Å². The first-order chi connectivity index (χ1) is 6.91. The lowest BCUT2D eigenvalue weighted by Gasteiger charge is -2.15. The number of ether oxygens (including phenoxy) is 3. The molecule has 0 aliphatic rings. The lowest BCUT2D eigenvalue weighted by Crippen LogP contribution is -2.24. The zero-order valence-electron chi connectivity index (χ0n) is 8.94. The Hall–Kier alpha value is -1.59. The van der Waals surface area contributed by atoms with E-state index < -0.39 is 24.2 Å². The van der Waals surface area contributed by atoms with E-state index in [9.17, 15) is 14.4 Å². The third-order valence-corrected chi connectivity index (χ3v) is 1.25. The van der Waals surface area contributed by atoms with Gasteiger partial charge in [-0.1, -0.05) is 0 Å². The predicted octanol–water partition coefficient (Wildman–Crippen LogP) is 0.392. The Morgan fingerprint density at radius 2 is 1.40 bits per heavy atom. The Labute approximate surface area is 87.5 Å². The van der Waals surface area contributed by atoms with E-state index in [1.807, 2.05) is 0 Å². The summed E-state index contributed by atoms with van der Waals surface area (Å²) in [5.74, 6) is -1.58. The summed E-state index contributed by atoms with van der Waals surface area (Å²) in [5, 5.41) is 0. The summed E-state index contributed by atoms with van der Waals surface area (Å²) in [5.41, 5.74) is 0. The van der Waals surface area contributed by atoms with Crippen LogP contribution in [0.1, 0.15) is 27.2 Å². The van der Waals surface area contributed by atoms with Gasteiger partial charge in [-0.3, -0.25) is 14.4 Å². The summed E-state index contributed by atoms with van der Waals surface area (Å²) < 4.78 is 14.0. The smallest absolute Gasteiger partial charge is 0.305 e. The van der Waals surface area contributed by atoms with E-state index >= 15 is 0 Å². The van der Waals surface area contributed by atoms with Crippen LogP contribution >= 0.6 is 0 Å². The van der Waals surface area contributed by atoms with Crippen LogP contribution in [0.2, 0.25) is 0 Å². The highest BCUT2D eigenvalue weighted by Gasteiger charge is 2.15. The molecule has 0 aromatic heterocycles. The Bertz CT molecular complexity index is 231. The van der Waals surface area contributed by atoms with E-state index in [0.717, 1.165) is 0 Å². The highest BCUT2D eigenvalue weighted by Crippen LogP contribution is 2.02. The van der Waals surface area contributed by atoms with Crippen LogP contribution < -0.4 is 0 Å². The minimum absolute atomic E-state index is 0.0283. The normalized spacial score (nSPS) is 9.60. The van der Waals surface area contributed by atoms with Gasteiger partial charge in [-0.2, -0.15) is 0 Å². The van der Waals surface area contributed by atoms with Crippen molar-refractivity contribution in [1.29, 1.82) is 0 Å². The van der Waals surface area contributed by atoms with Gasteiger partial charge in [0.25, 0.3) is 6.29 Å². The van der Waals surface area contributed by atoms with Gasteiger partial charge in [0.15, 0.2) is 0 Å². The number of carbonyl (C=O) groups excluding carboxylic acids is 3. The van der Waals surface area contributed by atoms with Crippen LogP contribution in [0, 0.1) is 0 Å². The summed E-state index contributed by atoms with van der Waals surface area (Å²) >= 11 is 0. The van der Waals surface area contributed by atoms with Crippen molar-refractivity contribution >= 4 is 17.9 Å². The standard InChI is InChI=1S/C9H14O6/c1-6(10)13-5-4-9(14-7(2)11)15-8(3)12/h9H,4-5H2,1-3H3. The zero-order valence-corrected chi connectivity index (χ0v) is 8.94. The van der Waals surface area contributed by atoms with Crippen molar-refractivity contribution in [3.05, 3.63) is 0 Å². The summed E-state index contributed by atoms with van der Waals surface area (Å²) in [6.07, 6.45) is -0.877. The molecule has 0 rings (SSSR count). The summed E-state index contributed by atoms with van der Waals surface area (Å²) in [6, 6.07) is 0. The fourth-order valence-electron chi connectivity index (χ4n) is 0.811. The second-order valence-corrected chi connectivity index (χ2v) is 2.78. The number of hydrogen-bond acceptors (Lipinski definition) is 6. The predicted molar refractivity (Wildman–Crippen MR) is 48.6 cm³/mol. The van der Waals surface area contributed by atoms with Gasteiger partial charge >= 0.3 is 17.9 Å².